The van der Waals surface area contributed by atoms with Gasteiger partial charge in [0.05, 0.1) is 5.56 Å². The number of ether oxygens (including phenoxy) is 1. The van der Waals surface area contributed by atoms with E-state index in [1.807, 2.05) is 6.07 Å². The summed E-state index contributed by atoms with van der Waals surface area (Å²) in [4.78, 5) is 23.1. The van der Waals surface area contributed by atoms with Gasteiger partial charge in [0.2, 0.25) is 5.91 Å². The summed E-state index contributed by atoms with van der Waals surface area (Å²) < 4.78 is 6.69. The lowest BCUT2D eigenvalue weighted by atomic mass is 9.81. The smallest absolute Gasteiger partial charge is 0.250 e. The number of primary amides is 1. The Hall–Kier alpha value is -2.80. The monoisotopic (exact) mass is 461 g/mol. The summed E-state index contributed by atoms with van der Waals surface area (Å²) in [5, 5.41) is 0. The minimum Gasteiger partial charge on any atom is -0.487 e. The molecule has 1 amide bonds. The van der Waals surface area contributed by atoms with E-state index in [4.69, 9.17) is 10.5 Å². The number of piperidine rings is 1. The van der Waals surface area contributed by atoms with Crippen molar-refractivity contribution >= 4 is 17.4 Å². The number of nitrogens with zero attached hydrogens (tertiary/aromatic N) is 4. The maximum Gasteiger partial charge on any atom is 0.250 e. The van der Waals surface area contributed by atoms with Gasteiger partial charge in [-0.3, -0.25) is 4.79 Å². The molecule has 1 aromatic heterocycles. The van der Waals surface area contributed by atoms with Gasteiger partial charge in [0.25, 0.3) is 0 Å². The summed E-state index contributed by atoms with van der Waals surface area (Å²) in [5.41, 5.74) is 8.47. The Balaban J connectivity index is 1.06. The van der Waals surface area contributed by atoms with Crippen LogP contribution in [0.15, 0.2) is 36.5 Å². The SMILES string of the molecule is NC(=O)c1ccc(N2CCN(c3ccc4c(c3)CCC3(CCN(C5CCC5)CC3)O4)CC2)nc1. The van der Waals surface area contributed by atoms with Crippen LogP contribution in [0.4, 0.5) is 11.5 Å². The molecule has 0 radical (unpaired) electrons. The second kappa shape index (κ2) is 8.77. The molecule has 34 heavy (non-hydrogen) atoms. The number of anilines is 2. The zero-order chi connectivity index (χ0) is 23.1. The van der Waals surface area contributed by atoms with E-state index in [9.17, 15) is 4.79 Å². The Bertz CT molecular complexity index is 1040. The van der Waals surface area contributed by atoms with Crippen LogP contribution in [0.25, 0.3) is 0 Å². The van der Waals surface area contributed by atoms with Gasteiger partial charge >= 0.3 is 0 Å². The normalized spacial score (nSPS) is 22.7. The number of carbonyl (C=O) groups is 1. The van der Waals surface area contributed by atoms with Crippen molar-refractivity contribution in [3.63, 3.8) is 0 Å². The van der Waals surface area contributed by atoms with E-state index in [1.54, 1.807) is 12.3 Å². The first-order valence-electron chi connectivity index (χ1n) is 12.9. The molecule has 2 saturated heterocycles. The zero-order valence-electron chi connectivity index (χ0n) is 19.9. The van der Waals surface area contributed by atoms with Crippen LogP contribution in [0, 0.1) is 0 Å². The van der Waals surface area contributed by atoms with Gasteiger partial charge in [0.1, 0.15) is 17.2 Å². The number of hydrogen-bond acceptors (Lipinski definition) is 6. The van der Waals surface area contributed by atoms with Crippen LogP contribution in [0.3, 0.4) is 0 Å². The summed E-state index contributed by atoms with van der Waals surface area (Å²) in [7, 11) is 0. The maximum atomic E-state index is 11.3. The van der Waals surface area contributed by atoms with E-state index < -0.39 is 5.91 Å². The number of amides is 1. The third-order valence-electron chi connectivity index (χ3n) is 8.52. The molecule has 1 aromatic carbocycles. The first-order valence-corrected chi connectivity index (χ1v) is 12.9. The van der Waals surface area contributed by atoms with E-state index in [0.717, 1.165) is 56.6 Å². The number of benzene rings is 1. The van der Waals surface area contributed by atoms with Crippen molar-refractivity contribution in [2.24, 2.45) is 5.73 Å². The third kappa shape index (κ3) is 4.11. The van der Waals surface area contributed by atoms with Crippen molar-refractivity contribution < 1.29 is 9.53 Å². The molecule has 3 aliphatic heterocycles. The molecular weight excluding hydrogens is 426 g/mol. The lowest BCUT2D eigenvalue weighted by molar-refractivity contribution is -0.0336. The van der Waals surface area contributed by atoms with E-state index in [1.165, 1.54) is 56.4 Å². The van der Waals surface area contributed by atoms with E-state index in [-0.39, 0.29) is 5.60 Å². The Morgan fingerprint density at radius 3 is 2.38 bits per heavy atom. The molecule has 0 bridgehead atoms. The average molecular weight is 462 g/mol. The van der Waals surface area contributed by atoms with Crippen molar-refractivity contribution in [1.82, 2.24) is 9.88 Å². The quantitative estimate of drug-likeness (QED) is 0.754. The lowest BCUT2D eigenvalue weighted by Gasteiger charge is -2.48. The number of pyridine rings is 1. The van der Waals surface area contributed by atoms with Crippen molar-refractivity contribution in [1.29, 1.82) is 0 Å². The molecule has 4 aliphatic rings. The van der Waals surface area contributed by atoms with Gasteiger partial charge < -0.3 is 25.2 Å². The maximum absolute atomic E-state index is 11.3. The van der Waals surface area contributed by atoms with Gasteiger partial charge in [-0.15, -0.1) is 0 Å². The van der Waals surface area contributed by atoms with E-state index in [2.05, 4.69) is 37.9 Å². The Kier molecular flexibility index (Phi) is 5.60. The first-order chi connectivity index (χ1) is 16.6. The number of fused-ring (bicyclic) bond motifs is 1. The second-order valence-corrected chi connectivity index (χ2v) is 10.4. The number of rotatable bonds is 4. The van der Waals surface area contributed by atoms with Crippen molar-refractivity contribution in [3.05, 3.63) is 47.7 Å². The summed E-state index contributed by atoms with van der Waals surface area (Å²) in [6, 6.07) is 11.3. The lowest BCUT2D eigenvalue weighted by Crippen LogP contribution is -2.53. The highest BCUT2D eigenvalue weighted by atomic mass is 16.5. The van der Waals surface area contributed by atoms with Crippen molar-refractivity contribution in [2.75, 3.05) is 49.1 Å². The van der Waals surface area contributed by atoms with Gasteiger partial charge in [-0.2, -0.15) is 0 Å². The second-order valence-electron chi connectivity index (χ2n) is 10.4. The molecule has 2 N–H and O–H groups in total. The molecule has 7 heteroatoms. The molecule has 4 heterocycles. The Morgan fingerprint density at radius 2 is 1.74 bits per heavy atom. The average Bonchev–Trinajstić information content (AvgIpc) is 2.84. The van der Waals surface area contributed by atoms with Gasteiger partial charge in [-0.1, -0.05) is 6.42 Å². The number of carbonyl (C=O) groups excluding carboxylic acids is 1. The molecular formula is C27H35N5O2. The van der Waals surface area contributed by atoms with Crippen LogP contribution in [-0.4, -0.2) is 66.7 Å². The largest absolute Gasteiger partial charge is 0.487 e. The zero-order valence-corrected chi connectivity index (χ0v) is 19.9. The van der Waals surface area contributed by atoms with Crippen LogP contribution in [0.1, 0.15) is 54.4 Å². The predicted molar refractivity (Wildman–Crippen MR) is 134 cm³/mol. The number of aromatic nitrogens is 1. The van der Waals surface area contributed by atoms with Crippen LogP contribution >= 0.6 is 0 Å². The highest BCUT2D eigenvalue weighted by Gasteiger charge is 2.41. The number of nitrogens with two attached hydrogens (primary N) is 1. The van der Waals surface area contributed by atoms with Crippen LogP contribution in [-0.2, 0) is 6.42 Å². The van der Waals surface area contributed by atoms with Crippen LogP contribution in [0.5, 0.6) is 5.75 Å². The molecule has 7 nitrogen and oxygen atoms in total. The number of aryl methyl sites for hydroxylation is 1. The predicted octanol–water partition coefficient (Wildman–Crippen LogP) is 3.22. The highest BCUT2D eigenvalue weighted by molar-refractivity contribution is 5.92. The van der Waals surface area contributed by atoms with Gasteiger partial charge in [0.15, 0.2) is 0 Å². The number of likely N-dealkylation sites (tertiary alicyclic amines) is 1. The number of hydrogen-bond donors (Lipinski definition) is 1. The van der Waals surface area contributed by atoms with Crippen molar-refractivity contribution in [3.8, 4) is 5.75 Å². The summed E-state index contributed by atoms with van der Waals surface area (Å²) in [5.74, 6) is 1.56. The highest BCUT2D eigenvalue weighted by Crippen LogP contribution is 2.42. The molecule has 3 fully saturated rings. The molecule has 1 saturated carbocycles. The summed E-state index contributed by atoms with van der Waals surface area (Å²) in [6.45, 7) is 6.08. The molecule has 1 spiro atoms. The van der Waals surface area contributed by atoms with Gasteiger partial charge in [0, 0.05) is 57.2 Å². The molecule has 6 rings (SSSR count). The van der Waals surface area contributed by atoms with Crippen LogP contribution < -0.4 is 20.3 Å². The standard InChI is InChI=1S/C27H35N5O2/c28-26(33)21-4-7-25(29-19-21)32-16-14-31(15-17-32)23-5-6-24-20(18-23)8-9-27(34-24)10-12-30(13-11-27)22-2-1-3-22/h4-7,18-19,22H,1-3,8-17H2,(H2,28,33). The Morgan fingerprint density at radius 1 is 0.971 bits per heavy atom. The van der Waals surface area contributed by atoms with Crippen molar-refractivity contribution in [2.45, 2.75) is 56.6 Å². The minimum atomic E-state index is -0.440. The molecule has 0 atom stereocenters. The first kappa shape index (κ1) is 21.7. The fraction of sp³-hybridized carbons (Fsp3) is 0.556. The molecule has 1 aliphatic carbocycles. The molecule has 2 aromatic rings. The number of piperazine rings is 1. The molecule has 180 valence electrons. The van der Waals surface area contributed by atoms with Gasteiger partial charge in [-0.25, -0.2) is 4.98 Å². The van der Waals surface area contributed by atoms with E-state index in [0.29, 0.717) is 5.56 Å². The summed E-state index contributed by atoms with van der Waals surface area (Å²) >= 11 is 0. The fourth-order valence-electron chi connectivity index (χ4n) is 6.02. The minimum absolute atomic E-state index is 0.0530. The topological polar surface area (TPSA) is 74.9 Å². The summed E-state index contributed by atoms with van der Waals surface area (Å²) in [6.07, 6.45) is 10.4. The third-order valence-corrected chi connectivity index (χ3v) is 8.52. The van der Waals surface area contributed by atoms with E-state index >= 15 is 0 Å². The molecule has 0 unspecified atom stereocenters. The van der Waals surface area contributed by atoms with Crippen LogP contribution in [0.2, 0.25) is 0 Å². The fourth-order valence-corrected chi connectivity index (χ4v) is 6.02. The van der Waals surface area contributed by atoms with Gasteiger partial charge in [-0.05, 0) is 74.4 Å². The Labute approximate surface area is 201 Å².